The molecule has 1 aliphatic carbocycles. The molecule has 0 unspecified atom stereocenters. The first kappa shape index (κ1) is 26.8. The number of benzene rings is 1. The molecule has 0 radical (unpaired) electrons. The lowest BCUT2D eigenvalue weighted by Gasteiger charge is -2.33. The number of amides is 1. The molecule has 2 fully saturated rings. The van der Waals surface area contributed by atoms with Crippen molar-refractivity contribution in [3.8, 4) is 0 Å². The van der Waals surface area contributed by atoms with E-state index in [9.17, 15) is 13.6 Å². The van der Waals surface area contributed by atoms with E-state index in [1.807, 2.05) is 0 Å². The van der Waals surface area contributed by atoms with Gasteiger partial charge < -0.3 is 25.8 Å². The molecule has 1 aromatic carbocycles. The van der Waals surface area contributed by atoms with Crippen molar-refractivity contribution in [2.75, 3.05) is 55.8 Å². The van der Waals surface area contributed by atoms with Crippen LogP contribution in [0.1, 0.15) is 31.2 Å². The van der Waals surface area contributed by atoms with Crippen molar-refractivity contribution >= 4 is 36.2 Å². The summed E-state index contributed by atoms with van der Waals surface area (Å²) in [5.74, 6) is -0.226. The highest BCUT2D eigenvalue weighted by atomic mass is 35.5. The SMILES string of the molecule is CNc1nc(NC2CCC(C(=O)NCc3ccc(F)c(F)c3)CC2)nc(N2CCN(C)CC2)n1.Cl. The van der Waals surface area contributed by atoms with E-state index in [0.717, 1.165) is 64.0 Å². The van der Waals surface area contributed by atoms with Crippen LogP contribution in [-0.4, -0.2) is 72.1 Å². The largest absolute Gasteiger partial charge is 0.357 e. The number of nitrogens with zero attached hydrogens (tertiary/aromatic N) is 5. The number of piperazine rings is 1. The van der Waals surface area contributed by atoms with Crippen molar-refractivity contribution in [2.45, 2.75) is 38.3 Å². The maximum atomic E-state index is 13.4. The van der Waals surface area contributed by atoms with E-state index in [-0.39, 0.29) is 36.8 Å². The third-order valence-corrected chi connectivity index (χ3v) is 6.52. The summed E-state index contributed by atoms with van der Waals surface area (Å²) in [4.78, 5) is 30.7. The molecule has 0 spiro atoms. The van der Waals surface area contributed by atoms with Crippen LogP contribution in [0.15, 0.2) is 18.2 Å². The molecular formula is C23H33ClF2N8O. The first-order valence-electron chi connectivity index (χ1n) is 11.8. The molecule has 1 saturated heterocycles. The molecule has 1 saturated carbocycles. The minimum absolute atomic E-state index is 0. The molecule has 4 rings (SSSR count). The van der Waals surface area contributed by atoms with Crippen LogP contribution in [0, 0.1) is 17.6 Å². The average Bonchev–Trinajstić information content (AvgIpc) is 2.85. The van der Waals surface area contributed by atoms with E-state index in [1.165, 1.54) is 6.07 Å². The van der Waals surface area contributed by atoms with E-state index in [4.69, 9.17) is 0 Å². The fraction of sp³-hybridized carbons (Fsp3) is 0.565. The smallest absolute Gasteiger partial charge is 0.232 e. The van der Waals surface area contributed by atoms with E-state index in [0.29, 0.717) is 23.4 Å². The lowest BCUT2D eigenvalue weighted by Crippen LogP contribution is -2.45. The van der Waals surface area contributed by atoms with Gasteiger partial charge in [-0.05, 0) is 50.4 Å². The lowest BCUT2D eigenvalue weighted by atomic mass is 9.85. The highest BCUT2D eigenvalue weighted by Gasteiger charge is 2.27. The molecular weight excluding hydrogens is 478 g/mol. The molecule has 192 valence electrons. The third kappa shape index (κ3) is 7.11. The van der Waals surface area contributed by atoms with Crippen molar-refractivity contribution < 1.29 is 13.6 Å². The number of likely N-dealkylation sites (N-methyl/N-ethyl adjacent to an activating group) is 1. The van der Waals surface area contributed by atoms with Crippen LogP contribution in [0.3, 0.4) is 0 Å². The molecule has 2 aliphatic rings. The first-order chi connectivity index (χ1) is 16.4. The van der Waals surface area contributed by atoms with Gasteiger partial charge in [-0.3, -0.25) is 4.79 Å². The summed E-state index contributed by atoms with van der Waals surface area (Å²) in [6, 6.07) is 3.83. The molecule has 12 heteroatoms. The number of hydrogen-bond donors (Lipinski definition) is 3. The van der Waals surface area contributed by atoms with Gasteiger partial charge in [-0.2, -0.15) is 15.0 Å². The number of rotatable bonds is 7. The summed E-state index contributed by atoms with van der Waals surface area (Å²) in [5.41, 5.74) is 0.536. The van der Waals surface area contributed by atoms with Crippen molar-refractivity contribution in [3.63, 3.8) is 0 Å². The Balaban J connectivity index is 0.00000342. The first-order valence-corrected chi connectivity index (χ1v) is 11.8. The van der Waals surface area contributed by atoms with Gasteiger partial charge >= 0.3 is 0 Å². The Morgan fingerprint density at radius 3 is 2.34 bits per heavy atom. The van der Waals surface area contributed by atoms with Crippen LogP contribution in [0.4, 0.5) is 26.6 Å². The zero-order valence-electron chi connectivity index (χ0n) is 20.1. The van der Waals surface area contributed by atoms with E-state index in [1.54, 1.807) is 7.05 Å². The second-order valence-corrected chi connectivity index (χ2v) is 8.98. The number of carbonyl (C=O) groups excluding carboxylic acids is 1. The maximum absolute atomic E-state index is 13.4. The van der Waals surface area contributed by atoms with Gasteiger partial charge in [-0.15, -0.1) is 12.4 Å². The van der Waals surface area contributed by atoms with E-state index >= 15 is 0 Å². The lowest BCUT2D eigenvalue weighted by molar-refractivity contribution is -0.126. The second kappa shape index (κ2) is 12.3. The van der Waals surface area contributed by atoms with Gasteiger partial charge in [0, 0.05) is 51.7 Å². The second-order valence-electron chi connectivity index (χ2n) is 8.98. The fourth-order valence-corrected chi connectivity index (χ4v) is 4.35. The van der Waals surface area contributed by atoms with Gasteiger partial charge in [0.2, 0.25) is 23.8 Å². The Morgan fingerprint density at radius 1 is 1.00 bits per heavy atom. The minimum atomic E-state index is -0.908. The van der Waals surface area contributed by atoms with E-state index < -0.39 is 11.6 Å². The predicted octanol–water partition coefficient (Wildman–Crippen LogP) is 2.65. The molecule has 1 amide bonds. The molecule has 2 heterocycles. The summed E-state index contributed by atoms with van der Waals surface area (Å²) in [6.07, 6.45) is 3.09. The molecule has 9 nitrogen and oxygen atoms in total. The number of halogens is 3. The van der Waals surface area contributed by atoms with Crippen molar-refractivity contribution in [1.82, 2.24) is 25.2 Å². The van der Waals surface area contributed by atoms with Gasteiger partial charge in [0.25, 0.3) is 0 Å². The van der Waals surface area contributed by atoms with E-state index in [2.05, 4.69) is 47.7 Å². The summed E-state index contributed by atoms with van der Waals surface area (Å²) in [5, 5.41) is 9.28. The number of hydrogen-bond acceptors (Lipinski definition) is 8. The predicted molar refractivity (Wildman–Crippen MR) is 134 cm³/mol. The Hall–Kier alpha value is -2.79. The molecule has 0 atom stereocenters. The topological polar surface area (TPSA) is 98.3 Å². The van der Waals surface area contributed by atoms with Crippen LogP contribution < -0.4 is 20.9 Å². The number of aromatic nitrogens is 3. The van der Waals surface area contributed by atoms with Crippen LogP contribution >= 0.6 is 12.4 Å². The fourth-order valence-electron chi connectivity index (χ4n) is 4.35. The zero-order chi connectivity index (χ0) is 24.1. The van der Waals surface area contributed by atoms with Gasteiger partial charge in [-0.25, -0.2) is 8.78 Å². The Morgan fingerprint density at radius 2 is 1.69 bits per heavy atom. The van der Waals surface area contributed by atoms with Gasteiger partial charge in [0.1, 0.15) is 0 Å². The summed E-state index contributed by atoms with van der Waals surface area (Å²) >= 11 is 0. The zero-order valence-corrected chi connectivity index (χ0v) is 20.9. The maximum Gasteiger partial charge on any atom is 0.232 e. The number of carbonyl (C=O) groups is 1. The van der Waals surface area contributed by atoms with Crippen molar-refractivity contribution in [3.05, 3.63) is 35.4 Å². The third-order valence-electron chi connectivity index (χ3n) is 6.52. The van der Waals surface area contributed by atoms with Gasteiger partial charge in [-0.1, -0.05) is 6.07 Å². The average molecular weight is 511 g/mol. The van der Waals surface area contributed by atoms with Gasteiger partial charge in [0.15, 0.2) is 11.6 Å². The number of nitrogens with one attached hydrogen (secondary N) is 3. The van der Waals surface area contributed by atoms with Crippen LogP contribution in [0.2, 0.25) is 0 Å². The van der Waals surface area contributed by atoms with Crippen molar-refractivity contribution in [1.29, 1.82) is 0 Å². The summed E-state index contributed by atoms with van der Waals surface area (Å²) in [7, 11) is 3.90. The molecule has 35 heavy (non-hydrogen) atoms. The van der Waals surface area contributed by atoms with Gasteiger partial charge in [0.05, 0.1) is 0 Å². The quantitative estimate of drug-likeness (QED) is 0.523. The highest BCUT2D eigenvalue weighted by Crippen LogP contribution is 2.27. The summed E-state index contributed by atoms with van der Waals surface area (Å²) in [6.45, 7) is 3.85. The van der Waals surface area contributed by atoms with Crippen LogP contribution in [-0.2, 0) is 11.3 Å². The Kier molecular flexibility index (Phi) is 9.39. The molecule has 3 N–H and O–H groups in total. The summed E-state index contributed by atoms with van der Waals surface area (Å²) < 4.78 is 26.4. The Labute approximate surface area is 210 Å². The van der Waals surface area contributed by atoms with Crippen LogP contribution in [0.5, 0.6) is 0 Å². The minimum Gasteiger partial charge on any atom is -0.357 e. The molecule has 1 aliphatic heterocycles. The van der Waals surface area contributed by atoms with Crippen molar-refractivity contribution in [2.24, 2.45) is 5.92 Å². The normalized spacial score (nSPS) is 20.6. The van der Waals surface area contributed by atoms with Crippen LogP contribution in [0.25, 0.3) is 0 Å². The Bertz CT molecular complexity index is 997. The molecule has 0 bridgehead atoms. The molecule has 2 aromatic rings. The highest BCUT2D eigenvalue weighted by molar-refractivity contribution is 5.85. The number of anilines is 3. The monoisotopic (exact) mass is 510 g/mol. The standard InChI is InChI=1S/C23H32F2N8O.ClH/c1-26-21-29-22(31-23(30-21)33-11-9-32(2)10-12-33)28-17-6-4-16(5-7-17)20(34)27-14-15-3-8-18(24)19(25)13-15;/h3,8,13,16-17H,4-7,9-12,14H2,1-2H3,(H,27,34)(H2,26,28,29,30,31);1H. The molecule has 1 aromatic heterocycles.